The minimum Gasteiger partial charge on any atom is -0.121 e. The maximum absolute atomic E-state index is 2.30. The molecule has 0 heterocycles. The number of hydrogen-bond donors (Lipinski definition) is 0. The van der Waals surface area contributed by atoms with Crippen LogP contribution in [0.4, 0.5) is 0 Å². The van der Waals surface area contributed by atoms with Crippen molar-refractivity contribution in [2.24, 2.45) is 0 Å². The molecule has 16 heavy (non-hydrogen) atoms. The van der Waals surface area contributed by atoms with Crippen LogP contribution in [0, 0.1) is 0 Å². The quantitative estimate of drug-likeness (QED) is 0.692. The minimum absolute atomic E-state index is 1.05. The molecular formula is C15H16S. The zero-order chi connectivity index (χ0) is 11.2. The Labute approximate surface area is 102 Å². The molecule has 0 nitrogen and oxygen atoms in total. The predicted octanol–water partition coefficient (Wildman–Crippen LogP) is 4.54. The lowest BCUT2D eigenvalue weighted by atomic mass is 10.1. The molecule has 0 bridgehead atoms. The van der Waals surface area contributed by atoms with Crippen LogP contribution < -0.4 is 0 Å². The Bertz CT molecular complexity index is 434. The summed E-state index contributed by atoms with van der Waals surface area (Å²) in [5.74, 6) is 1.05. The van der Waals surface area contributed by atoms with Gasteiger partial charge in [0.2, 0.25) is 0 Å². The zero-order valence-corrected chi connectivity index (χ0v) is 10.3. The van der Waals surface area contributed by atoms with Crippen molar-refractivity contribution in [3.63, 3.8) is 0 Å². The molecule has 0 aliphatic carbocycles. The molecule has 0 atom stereocenters. The van der Waals surface area contributed by atoms with Crippen molar-refractivity contribution in [2.45, 2.75) is 24.0 Å². The molecule has 0 N–H and O–H groups in total. The van der Waals surface area contributed by atoms with Gasteiger partial charge in [-0.25, -0.2) is 0 Å². The lowest BCUT2D eigenvalue weighted by Crippen LogP contribution is -1.84. The van der Waals surface area contributed by atoms with Gasteiger partial charge in [0.1, 0.15) is 0 Å². The lowest BCUT2D eigenvalue weighted by Gasteiger charge is -2.03. The molecule has 0 fully saturated rings. The molecule has 0 aliphatic heterocycles. The highest BCUT2D eigenvalue weighted by molar-refractivity contribution is 7.98. The molecule has 1 heteroatoms. The summed E-state index contributed by atoms with van der Waals surface area (Å²) in [5.41, 5.74) is 2.83. The van der Waals surface area contributed by atoms with Gasteiger partial charge in [0.05, 0.1) is 0 Å². The predicted molar refractivity (Wildman–Crippen MR) is 71.8 cm³/mol. The van der Waals surface area contributed by atoms with E-state index in [-0.39, 0.29) is 0 Å². The first kappa shape index (κ1) is 11.3. The van der Waals surface area contributed by atoms with Gasteiger partial charge in [-0.1, -0.05) is 49.4 Å². The van der Waals surface area contributed by atoms with Crippen LogP contribution in [-0.4, -0.2) is 0 Å². The van der Waals surface area contributed by atoms with Crippen molar-refractivity contribution in [1.82, 2.24) is 0 Å². The van der Waals surface area contributed by atoms with Crippen LogP contribution in [0.25, 0.3) is 0 Å². The van der Waals surface area contributed by atoms with Crippen LogP contribution in [0.3, 0.4) is 0 Å². The van der Waals surface area contributed by atoms with Gasteiger partial charge in [0.15, 0.2) is 0 Å². The van der Waals surface area contributed by atoms with Gasteiger partial charge in [-0.15, -0.1) is 11.8 Å². The van der Waals surface area contributed by atoms with Gasteiger partial charge in [-0.3, -0.25) is 0 Å². The highest BCUT2D eigenvalue weighted by Gasteiger charge is 1.96. The Morgan fingerprint density at radius 1 is 0.875 bits per heavy atom. The second kappa shape index (κ2) is 5.76. The lowest BCUT2D eigenvalue weighted by molar-refractivity contribution is 1.13. The van der Waals surface area contributed by atoms with E-state index in [4.69, 9.17) is 0 Å². The summed E-state index contributed by atoms with van der Waals surface area (Å²) >= 11 is 1.89. The first-order chi connectivity index (χ1) is 7.88. The molecule has 0 spiro atoms. The van der Waals surface area contributed by atoms with Crippen molar-refractivity contribution in [3.8, 4) is 0 Å². The first-order valence-electron chi connectivity index (χ1n) is 5.64. The molecule has 82 valence electrons. The van der Waals surface area contributed by atoms with Gasteiger partial charge in [-0.05, 0) is 29.7 Å². The fourth-order valence-corrected chi connectivity index (χ4v) is 2.49. The largest absolute Gasteiger partial charge is 0.121 e. The molecule has 0 amide bonds. The Morgan fingerprint density at radius 3 is 2.38 bits per heavy atom. The Morgan fingerprint density at radius 2 is 1.62 bits per heavy atom. The van der Waals surface area contributed by atoms with Crippen molar-refractivity contribution < 1.29 is 0 Å². The maximum atomic E-state index is 2.30. The van der Waals surface area contributed by atoms with Crippen molar-refractivity contribution in [3.05, 3.63) is 65.7 Å². The molecule has 0 unspecified atom stereocenters. The van der Waals surface area contributed by atoms with E-state index in [9.17, 15) is 0 Å². The Balaban J connectivity index is 1.99. The summed E-state index contributed by atoms with van der Waals surface area (Å²) in [6, 6.07) is 19.4. The van der Waals surface area contributed by atoms with Gasteiger partial charge >= 0.3 is 0 Å². The van der Waals surface area contributed by atoms with Gasteiger partial charge in [-0.2, -0.15) is 0 Å². The van der Waals surface area contributed by atoms with E-state index in [0.29, 0.717) is 0 Å². The summed E-state index contributed by atoms with van der Waals surface area (Å²) in [7, 11) is 0. The molecule has 0 aliphatic rings. The minimum atomic E-state index is 1.05. The fraction of sp³-hybridized carbons (Fsp3) is 0.200. The normalized spacial score (nSPS) is 10.3. The molecular weight excluding hydrogens is 212 g/mol. The van der Waals surface area contributed by atoms with Crippen molar-refractivity contribution in [1.29, 1.82) is 0 Å². The van der Waals surface area contributed by atoms with Crippen LogP contribution in [0.15, 0.2) is 59.5 Å². The number of rotatable bonds is 4. The monoisotopic (exact) mass is 228 g/mol. The summed E-state index contributed by atoms with van der Waals surface area (Å²) < 4.78 is 0. The molecule has 2 aromatic rings. The third-order valence-electron chi connectivity index (χ3n) is 2.55. The van der Waals surface area contributed by atoms with E-state index in [1.165, 1.54) is 16.0 Å². The highest BCUT2D eigenvalue weighted by atomic mass is 32.2. The third kappa shape index (κ3) is 3.14. The second-order valence-electron chi connectivity index (χ2n) is 3.78. The van der Waals surface area contributed by atoms with Gasteiger partial charge in [0.25, 0.3) is 0 Å². The van der Waals surface area contributed by atoms with E-state index in [1.54, 1.807) is 0 Å². The Kier molecular flexibility index (Phi) is 4.06. The average molecular weight is 228 g/mol. The standard InChI is InChI=1S/C15H16S/c1-2-13-7-6-8-14(11-13)12-16-15-9-4-3-5-10-15/h3-11H,2,12H2,1H3. The van der Waals surface area contributed by atoms with E-state index in [0.717, 1.165) is 12.2 Å². The average Bonchev–Trinajstić information content (AvgIpc) is 2.38. The molecule has 0 radical (unpaired) electrons. The van der Waals surface area contributed by atoms with Gasteiger partial charge in [0, 0.05) is 10.6 Å². The molecule has 2 aromatic carbocycles. The summed E-state index contributed by atoms with van der Waals surface area (Å²) in [6.07, 6.45) is 1.11. The third-order valence-corrected chi connectivity index (χ3v) is 3.63. The van der Waals surface area contributed by atoms with Crippen LogP contribution >= 0.6 is 11.8 Å². The number of benzene rings is 2. The van der Waals surface area contributed by atoms with E-state index in [1.807, 2.05) is 11.8 Å². The smallest absolute Gasteiger partial charge is 0.0232 e. The highest BCUT2D eigenvalue weighted by Crippen LogP contribution is 2.22. The van der Waals surface area contributed by atoms with E-state index < -0.39 is 0 Å². The van der Waals surface area contributed by atoms with Crippen molar-refractivity contribution >= 4 is 11.8 Å². The van der Waals surface area contributed by atoms with Crippen LogP contribution in [0.1, 0.15) is 18.1 Å². The first-order valence-corrected chi connectivity index (χ1v) is 6.62. The number of hydrogen-bond acceptors (Lipinski definition) is 1. The number of aryl methyl sites for hydroxylation is 1. The van der Waals surface area contributed by atoms with Crippen LogP contribution in [-0.2, 0) is 12.2 Å². The summed E-state index contributed by atoms with van der Waals surface area (Å²) in [6.45, 7) is 2.20. The van der Waals surface area contributed by atoms with E-state index >= 15 is 0 Å². The van der Waals surface area contributed by atoms with Crippen LogP contribution in [0.5, 0.6) is 0 Å². The Hall–Kier alpha value is -1.21. The zero-order valence-electron chi connectivity index (χ0n) is 9.52. The molecule has 2 rings (SSSR count). The second-order valence-corrected chi connectivity index (χ2v) is 4.82. The van der Waals surface area contributed by atoms with Crippen molar-refractivity contribution in [2.75, 3.05) is 0 Å². The molecule has 0 aromatic heterocycles. The molecule has 0 saturated carbocycles. The fourth-order valence-electron chi connectivity index (χ4n) is 1.62. The van der Waals surface area contributed by atoms with Crippen LogP contribution in [0.2, 0.25) is 0 Å². The topological polar surface area (TPSA) is 0 Å². The molecule has 0 saturated heterocycles. The SMILES string of the molecule is CCc1cccc(CSc2ccccc2)c1. The maximum Gasteiger partial charge on any atom is 0.0232 e. The summed E-state index contributed by atoms with van der Waals surface area (Å²) in [4.78, 5) is 1.34. The van der Waals surface area contributed by atoms with E-state index in [2.05, 4.69) is 61.5 Å². The van der Waals surface area contributed by atoms with Gasteiger partial charge < -0.3 is 0 Å². The number of thioether (sulfide) groups is 1. The summed E-state index contributed by atoms with van der Waals surface area (Å²) in [5, 5.41) is 0.